The zero-order valence-corrected chi connectivity index (χ0v) is 13.5. The third-order valence-corrected chi connectivity index (χ3v) is 3.52. The molecule has 0 atom stereocenters. The first-order valence-electron chi connectivity index (χ1n) is 6.86. The highest BCUT2D eigenvalue weighted by Crippen LogP contribution is 2.26. The second-order valence-electron chi connectivity index (χ2n) is 4.77. The van der Waals surface area contributed by atoms with Gasteiger partial charge in [-0.05, 0) is 65.6 Å². The normalized spacial score (nSPS) is 10.8. The largest absolute Gasteiger partial charge is 0.484 e. The predicted molar refractivity (Wildman–Crippen MR) is 83.9 cm³/mol. The summed E-state index contributed by atoms with van der Waals surface area (Å²) in [6, 6.07) is 9.99. The van der Waals surface area contributed by atoms with E-state index in [0.29, 0.717) is 6.61 Å². The van der Waals surface area contributed by atoms with E-state index in [4.69, 9.17) is 9.15 Å². The molecule has 1 aromatic carbocycles. The summed E-state index contributed by atoms with van der Waals surface area (Å²) in [5.74, 6) is 2.61. The molecule has 2 rings (SSSR count). The van der Waals surface area contributed by atoms with Crippen LogP contribution in [0.15, 0.2) is 39.2 Å². The lowest BCUT2D eigenvalue weighted by atomic mass is 10.2. The van der Waals surface area contributed by atoms with Crippen molar-refractivity contribution in [2.24, 2.45) is 0 Å². The summed E-state index contributed by atoms with van der Waals surface area (Å²) in [6.45, 7) is 6.41. The molecule has 3 nitrogen and oxygen atoms in total. The van der Waals surface area contributed by atoms with Crippen molar-refractivity contribution in [1.29, 1.82) is 0 Å². The third kappa shape index (κ3) is 4.39. The van der Waals surface area contributed by atoms with Gasteiger partial charge in [0.05, 0.1) is 11.0 Å². The first-order chi connectivity index (χ1) is 9.69. The van der Waals surface area contributed by atoms with Crippen LogP contribution in [0.25, 0.3) is 0 Å². The maximum absolute atomic E-state index is 5.76. The highest BCUT2D eigenvalue weighted by molar-refractivity contribution is 9.10. The Kier molecular flexibility index (Phi) is 5.68. The Balaban J connectivity index is 1.87. The molecule has 0 radical (unpaired) electrons. The van der Waals surface area contributed by atoms with Crippen molar-refractivity contribution in [1.82, 2.24) is 5.32 Å². The van der Waals surface area contributed by atoms with E-state index in [0.717, 1.165) is 41.3 Å². The molecule has 2 aromatic rings. The van der Waals surface area contributed by atoms with Gasteiger partial charge in [-0.1, -0.05) is 13.0 Å². The number of nitrogens with one attached hydrogen (secondary N) is 1. The van der Waals surface area contributed by atoms with Crippen LogP contribution in [0, 0.1) is 6.92 Å². The molecule has 1 heterocycles. The summed E-state index contributed by atoms with van der Waals surface area (Å²) in [5.41, 5.74) is 1.20. The first kappa shape index (κ1) is 15.1. The molecule has 0 bridgehead atoms. The molecule has 4 heteroatoms. The number of aryl methyl sites for hydroxylation is 1. The molecule has 0 aliphatic heterocycles. The van der Waals surface area contributed by atoms with E-state index in [1.54, 1.807) is 0 Å². The molecule has 108 valence electrons. The molecule has 0 unspecified atom stereocenters. The molecule has 20 heavy (non-hydrogen) atoms. The Bertz CT molecular complexity index is 551. The fourth-order valence-corrected chi connectivity index (χ4v) is 2.46. The monoisotopic (exact) mass is 337 g/mol. The fourth-order valence-electron chi connectivity index (χ4n) is 1.86. The molecule has 1 aromatic heterocycles. The average Bonchev–Trinajstić information content (AvgIpc) is 2.86. The Morgan fingerprint density at radius 3 is 2.75 bits per heavy atom. The Morgan fingerprint density at radius 1 is 1.20 bits per heavy atom. The van der Waals surface area contributed by atoms with Crippen LogP contribution in [-0.4, -0.2) is 6.54 Å². The minimum absolute atomic E-state index is 0.440. The standard InChI is InChI=1S/C16H20BrNO2/c1-3-8-18-10-13-5-6-14(20-13)11-19-16-7-4-12(2)9-15(16)17/h4-7,9,18H,3,8,10-11H2,1-2H3. The van der Waals surface area contributed by atoms with Gasteiger partial charge in [-0.25, -0.2) is 0 Å². The van der Waals surface area contributed by atoms with Crippen LogP contribution in [0.1, 0.15) is 30.4 Å². The van der Waals surface area contributed by atoms with Crippen molar-refractivity contribution in [2.45, 2.75) is 33.4 Å². The topological polar surface area (TPSA) is 34.4 Å². The predicted octanol–water partition coefficient (Wildman–Crippen LogP) is 4.43. The van der Waals surface area contributed by atoms with Gasteiger partial charge < -0.3 is 14.5 Å². The average molecular weight is 338 g/mol. The van der Waals surface area contributed by atoms with E-state index in [1.807, 2.05) is 30.3 Å². The van der Waals surface area contributed by atoms with Gasteiger partial charge in [0.25, 0.3) is 0 Å². The van der Waals surface area contributed by atoms with Crippen molar-refractivity contribution in [2.75, 3.05) is 6.54 Å². The van der Waals surface area contributed by atoms with Crippen LogP contribution < -0.4 is 10.1 Å². The van der Waals surface area contributed by atoms with Gasteiger partial charge in [0.1, 0.15) is 23.9 Å². The highest BCUT2D eigenvalue weighted by Gasteiger charge is 2.05. The van der Waals surface area contributed by atoms with Gasteiger partial charge in [0.2, 0.25) is 0 Å². The Morgan fingerprint density at radius 2 is 2.00 bits per heavy atom. The highest BCUT2D eigenvalue weighted by atomic mass is 79.9. The molecular formula is C16H20BrNO2. The molecule has 1 N–H and O–H groups in total. The summed E-state index contributed by atoms with van der Waals surface area (Å²) < 4.78 is 12.4. The van der Waals surface area contributed by atoms with Gasteiger partial charge in [-0.3, -0.25) is 0 Å². The van der Waals surface area contributed by atoms with Gasteiger partial charge in [-0.2, -0.15) is 0 Å². The summed E-state index contributed by atoms with van der Waals surface area (Å²) in [7, 11) is 0. The van der Waals surface area contributed by atoms with Gasteiger partial charge in [0.15, 0.2) is 0 Å². The number of hydrogen-bond acceptors (Lipinski definition) is 3. The van der Waals surface area contributed by atoms with Crippen LogP contribution in [-0.2, 0) is 13.2 Å². The SMILES string of the molecule is CCCNCc1ccc(COc2ccc(C)cc2Br)o1. The zero-order chi connectivity index (χ0) is 14.4. The fraction of sp³-hybridized carbons (Fsp3) is 0.375. The van der Waals surface area contributed by atoms with Crippen LogP contribution in [0.4, 0.5) is 0 Å². The third-order valence-electron chi connectivity index (χ3n) is 2.90. The lowest BCUT2D eigenvalue weighted by molar-refractivity contribution is 0.263. The lowest BCUT2D eigenvalue weighted by Crippen LogP contribution is -2.13. The van der Waals surface area contributed by atoms with Gasteiger partial charge in [0, 0.05) is 0 Å². The van der Waals surface area contributed by atoms with Gasteiger partial charge >= 0.3 is 0 Å². The van der Waals surface area contributed by atoms with Crippen molar-refractivity contribution in [3.8, 4) is 5.75 Å². The number of furan rings is 1. The second kappa shape index (κ2) is 7.50. The number of halogens is 1. The molecule has 0 aliphatic rings. The molecule has 0 aliphatic carbocycles. The van der Waals surface area contributed by atoms with E-state index in [2.05, 4.69) is 35.1 Å². The number of rotatable bonds is 7. The smallest absolute Gasteiger partial charge is 0.146 e. The quantitative estimate of drug-likeness (QED) is 0.759. The maximum Gasteiger partial charge on any atom is 0.146 e. The number of benzene rings is 1. The van der Waals surface area contributed by atoms with E-state index >= 15 is 0 Å². The van der Waals surface area contributed by atoms with Crippen molar-refractivity contribution in [3.05, 3.63) is 51.9 Å². The number of hydrogen-bond donors (Lipinski definition) is 1. The molecular weight excluding hydrogens is 318 g/mol. The molecule has 0 saturated heterocycles. The van der Waals surface area contributed by atoms with Crippen LogP contribution in [0.2, 0.25) is 0 Å². The summed E-state index contributed by atoms with van der Waals surface area (Å²) >= 11 is 3.50. The van der Waals surface area contributed by atoms with Crippen LogP contribution in [0.5, 0.6) is 5.75 Å². The van der Waals surface area contributed by atoms with Gasteiger partial charge in [-0.15, -0.1) is 0 Å². The van der Waals surface area contributed by atoms with E-state index in [1.165, 1.54) is 5.56 Å². The molecule has 0 amide bonds. The first-order valence-corrected chi connectivity index (χ1v) is 7.65. The van der Waals surface area contributed by atoms with E-state index < -0.39 is 0 Å². The molecule has 0 spiro atoms. The summed E-state index contributed by atoms with van der Waals surface area (Å²) in [6.07, 6.45) is 1.12. The van der Waals surface area contributed by atoms with Crippen molar-refractivity contribution < 1.29 is 9.15 Å². The minimum Gasteiger partial charge on any atom is -0.484 e. The summed E-state index contributed by atoms with van der Waals surface area (Å²) in [5, 5.41) is 3.31. The Labute approximate surface area is 128 Å². The zero-order valence-electron chi connectivity index (χ0n) is 11.9. The van der Waals surface area contributed by atoms with E-state index in [9.17, 15) is 0 Å². The maximum atomic E-state index is 5.76. The van der Waals surface area contributed by atoms with Crippen LogP contribution >= 0.6 is 15.9 Å². The summed E-state index contributed by atoms with van der Waals surface area (Å²) in [4.78, 5) is 0. The Hall–Kier alpha value is -1.26. The molecule has 0 saturated carbocycles. The van der Waals surface area contributed by atoms with Crippen LogP contribution in [0.3, 0.4) is 0 Å². The van der Waals surface area contributed by atoms with Crippen molar-refractivity contribution in [3.63, 3.8) is 0 Å². The molecule has 0 fully saturated rings. The van der Waals surface area contributed by atoms with Crippen molar-refractivity contribution >= 4 is 15.9 Å². The minimum atomic E-state index is 0.440. The number of ether oxygens (including phenoxy) is 1. The lowest BCUT2D eigenvalue weighted by Gasteiger charge is -2.07. The van der Waals surface area contributed by atoms with E-state index in [-0.39, 0.29) is 0 Å². The second-order valence-corrected chi connectivity index (χ2v) is 5.62.